The second-order valence-electron chi connectivity index (χ2n) is 7.89. The zero-order chi connectivity index (χ0) is 23.6. The predicted octanol–water partition coefficient (Wildman–Crippen LogP) is 7.79. The molecular formula is C29H40N2O. The Bertz CT molecular complexity index is 827. The summed E-state index contributed by atoms with van der Waals surface area (Å²) in [5.74, 6) is -0.350. The molecule has 3 heteroatoms. The smallest absolute Gasteiger partial charge is 0.262 e. The number of rotatable bonds is 9. The lowest BCUT2D eigenvalue weighted by Gasteiger charge is -2.13. The summed E-state index contributed by atoms with van der Waals surface area (Å²) in [6.45, 7) is 8.13. The number of amides is 1. The van der Waals surface area contributed by atoms with Gasteiger partial charge in [-0.2, -0.15) is 5.26 Å². The van der Waals surface area contributed by atoms with E-state index in [1.54, 1.807) is 6.08 Å². The maximum Gasteiger partial charge on any atom is 0.262 e. The summed E-state index contributed by atoms with van der Waals surface area (Å²) < 4.78 is 0. The van der Waals surface area contributed by atoms with E-state index in [4.69, 9.17) is 0 Å². The Morgan fingerprint density at radius 2 is 1.62 bits per heavy atom. The summed E-state index contributed by atoms with van der Waals surface area (Å²) in [4.78, 5) is 12.4. The van der Waals surface area contributed by atoms with Crippen molar-refractivity contribution in [3.63, 3.8) is 0 Å². The quantitative estimate of drug-likeness (QED) is 0.250. The van der Waals surface area contributed by atoms with E-state index in [0.29, 0.717) is 0 Å². The highest BCUT2D eigenvalue weighted by Gasteiger charge is 2.13. The largest absolute Gasteiger partial charge is 0.345 e. The Kier molecular flexibility index (Phi) is 14.3. The standard InChI is InChI=1S/C24H28N2O.C3H6.C2H6/c1-3-4-5-7-10-20-13-15-21(16-14-20)17-23(18-25)24(27)26-19(2)22-11-8-6-9-12-22;1-2-3-1;1-2/h6,8-9,11-17,19H,3-5,7,10H2,1-2H3,(H,26,27);1-3H2;1-2H3/b23-17+;;. The Labute approximate surface area is 195 Å². The maximum atomic E-state index is 12.4. The molecule has 1 fully saturated rings. The molecule has 0 bridgehead atoms. The molecule has 1 amide bonds. The van der Waals surface area contributed by atoms with Crippen molar-refractivity contribution in [3.05, 3.63) is 76.9 Å². The number of carbonyl (C=O) groups excluding carboxylic acids is 1. The minimum Gasteiger partial charge on any atom is -0.345 e. The van der Waals surface area contributed by atoms with Gasteiger partial charge < -0.3 is 5.32 Å². The number of hydrogen-bond donors (Lipinski definition) is 1. The van der Waals surface area contributed by atoms with Crippen LogP contribution in [0.15, 0.2) is 60.2 Å². The number of nitrogens with one attached hydrogen (secondary N) is 1. The highest BCUT2D eigenvalue weighted by Crippen LogP contribution is 2.15. The average Bonchev–Trinajstić information content (AvgIpc) is 3.72. The number of benzene rings is 2. The molecule has 0 heterocycles. The highest BCUT2D eigenvalue weighted by molar-refractivity contribution is 6.01. The van der Waals surface area contributed by atoms with E-state index < -0.39 is 0 Å². The fraction of sp³-hybridized carbons (Fsp3) is 0.448. The van der Waals surface area contributed by atoms with Crippen molar-refractivity contribution in [2.24, 2.45) is 0 Å². The van der Waals surface area contributed by atoms with Crippen molar-refractivity contribution in [3.8, 4) is 6.07 Å². The van der Waals surface area contributed by atoms with Crippen LogP contribution in [-0.2, 0) is 11.2 Å². The van der Waals surface area contributed by atoms with Crippen LogP contribution in [-0.4, -0.2) is 5.91 Å². The molecule has 0 aliphatic heterocycles. The minimum atomic E-state index is -0.350. The van der Waals surface area contributed by atoms with Gasteiger partial charge in [0.2, 0.25) is 0 Å². The average molecular weight is 433 g/mol. The Balaban J connectivity index is 0.000000918. The number of unbranched alkanes of at least 4 members (excludes halogenated alkanes) is 3. The SMILES string of the molecule is C1CC1.CC.CCCCCCc1ccc(/C=C(\C#N)C(=O)NC(C)c2ccccc2)cc1. The van der Waals surface area contributed by atoms with Gasteiger partial charge in [-0.3, -0.25) is 4.79 Å². The van der Waals surface area contributed by atoms with Gasteiger partial charge in [0.25, 0.3) is 5.91 Å². The van der Waals surface area contributed by atoms with Gasteiger partial charge in [-0.25, -0.2) is 0 Å². The first-order valence-corrected chi connectivity index (χ1v) is 12.2. The molecule has 2 aromatic rings. The fourth-order valence-corrected chi connectivity index (χ4v) is 2.95. The summed E-state index contributed by atoms with van der Waals surface area (Å²) in [6.07, 6.45) is 12.2. The van der Waals surface area contributed by atoms with Crippen LogP contribution in [0, 0.1) is 11.3 Å². The van der Waals surface area contributed by atoms with Crippen LogP contribution in [0.3, 0.4) is 0 Å². The zero-order valence-electron chi connectivity index (χ0n) is 20.4. The van der Waals surface area contributed by atoms with E-state index in [1.807, 2.05) is 69.3 Å². The van der Waals surface area contributed by atoms with E-state index in [9.17, 15) is 10.1 Å². The number of carbonyl (C=O) groups is 1. The van der Waals surface area contributed by atoms with E-state index in [2.05, 4.69) is 24.4 Å². The van der Waals surface area contributed by atoms with Gasteiger partial charge >= 0.3 is 0 Å². The van der Waals surface area contributed by atoms with Gasteiger partial charge in [0.05, 0.1) is 6.04 Å². The van der Waals surface area contributed by atoms with Crippen LogP contribution < -0.4 is 5.32 Å². The van der Waals surface area contributed by atoms with Gasteiger partial charge in [-0.05, 0) is 42.5 Å². The van der Waals surface area contributed by atoms with E-state index in [1.165, 1.54) is 50.5 Å². The molecule has 1 atom stereocenters. The third-order valence-corrected chi connectivity index (χ3v) is 4.98. The van der Waals surface area contributed by atoms with E-state index in [-0.39, 0.29) is 17.5 Å². The van der Waals surface area contributed by atoms with Crippen molar-refractivity contribution in [1.29, 1.82) is 5.26 Å². The second-order valence-corrected chi connectivity index (χ2v) is 7.89. The first-order valence-electron chi connectivity index (χ1n) is 12.2. The molecule has 3 nitrogen and oxygen atoms in total. The number of nitrogens with zero attached hydrogens (tertiary/aromatic N) is 1. The van der Waals surface area contributed by atoms with Crippen LogP contribution in [0.2, 0.25) is 0 Å². The molecule has 0 radical (unpaired) electrons. The van der Waals surface area contributed by atoms with Crippen LogP contribution >= 0.6 is 0 Å². The van der Waals surface area contributed by atoms with Gasteiger partial charge in [-0.15, -0.1) is 0 Å². The second kappa shape index (κ2) is 16.8. The molecule has 3 rings (SSSR count). The monoisotopic (exact) mass is 432 g/mol. The highest BCUT2D eigenvalue weighted by atomic mass is 16.1. The molecule has 1 unspecified atom stereocenters. The molecule has 0 saturated heterocycles. The van der Waals surface area contributed by atoms with Crippen molar-refractivity contribution < 1.29 is 4.79 Å². The third kappa shape index (κ3) is 11.5. The number of hydrogen-bond acceptors (Lipinski definition) is 2. The Morgan fingerprint density at radius 1 is 1.00 bits per heavy atom. The molecule has 172 valence electrons. The summed E-state index contributed by atoms with van der Waals surface area (Å²) in [6, 6.07) is 19.7. The molecule has 0 aromatic heterocycles. The number of nitriles is 1. The molecular weight excluding hydrogens is 392 g/mol. The van der Waals surface area contributed by atoms with Crippen molar-refractivity contribution >= 4 is 12.0 Å². The van der Waals surface area contributed by atoms with Crippen LogP contribution in [0.5, 0.6) is 0 Å². The lowest BCUT2D eigenvalue weighted by molar-refractivity contribution is -0.117. The lowest BCUT2D eigenvalue weighted by atomic mass is 10.0. The topological polar surface area (TPSA) is 52.9 Å². The Morgan fingerprint density at radius 3 is 2.16 bits per heavy atom. The summed E-state index contributed by atoms with van der Waals surface area (Å²) in [7, 11) is 0. The lowest BCUT2D eigenvalue weighted by Crippen LogP contribution is -2.27. The molecule has 0 spiro atoms. The normalized spacial score (nSPS) is 12.8. The Hall–Kier alpha value is -2.86. The first kappa shape index (κ1) is 27.2. The molecule has 1 aliphatic rings. The molecule has 1 N–H and O–H groups in total. The van der Waals surface area contributed by atoms with Gasteiger partial charge in [0.1, 0.15) is 11.6 Å². The van der Waals surface area contributed by atoms with E-state index >= 15 is 0 Å². The van der Waals surface area contributed by atoms with Crippen molar-refractivity contribution in [2.45, 2.75) is 85.1 Å². The molecule has 1 aliphatic carbocycles. The third-order valence-electron chi connectivity index (χ3n) is 4.98. The molecule has 1 saturated carbocycles. The van der Waals surface area contributed by atoms with Gasteiger partial charge in [0.15, 0.2) is 0 Å². The predicted molar refractivity (Wildman–Crippen MR) is 136 cm³/mol. The van der Waals surface area contributed by atoms with Crippen LogP contribution in [0.4, 0.5) is 0 Å². The first-order chi connectivity index (χ1) is 15.6. The van der Waals surface area contributed by atoms with Crippen molar-refractivity contribution in [2.75, 3.05) is 0 Å². The molecule has 2 aromatic carbocycles. The van der Waals surface area contributed by atoms with Crippen molar-refractivity contribution in [1.82, 2.24) is 5.32 Å². The van der Waals surface area contributed by atoms with E-state index in [0.717, 1.165) is 17.5 Å². The summed E-state index contributed by atoms with van der Waals surface area (Å²) >= 11 is 0. The summed E-state index contributed by atoms with van der Waals surface area (Å²) in [5.41, 5.74) is 3.29. The summed E-state index contributed by atoms with van der Waals surface area (Å²) in [5, 5.41) is 12.3. The maximum absolute atomic E-state index is 12.4. The van der Waals surface area contributed by atoms with Gasteiger partial charge in [-0.1, -0.05) is 114 Å². The zero-order valence-corrected chi connectivity index (χ0v) is 20.4. The van der Waals surface area contributed by atoms with Gasteiger partial charge in [0, 0.05) is 0 Å². The minimum absolute atomic E-state index is 0.119. The fourth-order valence-electron chi connectivity index (χ4n) is 2.95. The molecule has 32 heavy (non-hydrogen) atoms. The van der Waals surface area contributed by atoms with Crippen LogP contribution in [0.25, 0.3) is 6.08 Å². The van der Waals surface area contributed by atoms with Crippen LogP contribution in [0.1, 0.15) is 95.4 Å². The number of aryl methyl sites for hydroxylation is 1.